The summed E-state index contributed by atoms with van der Waals surface area (Å²) >= 11 is 0. The van der Waals surface area contributed by atoms with Gasteiger partial charge in [0.05, 0.1) is 30.2 Å². The maximum atomic E-state index is 14.1. The van der Waals surface area contributed by atoms with Crippen LogP contribution in [0.15, 0.2) is 63.8 Å². The Morgan fingerprint density at radius 3 is 2.42 bits per heavy atom. The third kappa shape index (κ3) is 5.20. The van der Waals surface area contributed by atoms with E-state index in [1.165, 1.54) is 12.1 Å². The predicted octanol–water partition coefficient (Wildman–Crippen LogP) is 7.12. The topological polar surface area (TPSA) is 69.0 Å². The smallest absolute Gasteiger partial charge is 0.291 e. The number of hydrogen-bond donors (Lipinski definition) is 0. The highest BCUT2D eigenvalue weighted by molar-refractivity contribution is 5.99. The molecule has 208 valence electrons. The summed E-state index contributed by atoms with van der Waals surface area (Å²) in [4.78, 5) is 29.5. The van der Waals surface area contributed by atoms with Gasteiger partial charge in [0.15, 0.2) is 16.9 Å². The van der Waals surface area contributed by atoms with Crippen molar-refractivity contribution in [2.45, 2.75) is 53.6 Å². The fraction of sp³-hybridized carbons (Fsp3) is 0.333. The predicted molar refractivity (Wildman–Crippen MR) is 153 cm³/mol. The van der Waals surface area contributed by atoms with Crippen LogP contribution in [0, 0.1) is 25.6 Å². The lowest BCUT2D eigenvalue weighted by atomic mass is 9.96. The third-order valence-corrected chi connectivity index (χ3v) is 7.21. The van der Waals surface area contributed by atoms with Gasteiger partial charge in [-0.15, -0.1) is 0 Å². The fourth-order valence-electron chi connectivity index (χ4n) is 5.30. The fourth-order valence-corrected chi connectivity index (χ4v) is 5.30. The van der Waals surface area contributed by atoms with Crippen molar-refractivity contribution in [1.82, 2.24) is 4.90 Å². The molecule has 0 spiro atoms. The molecule has 1 atom stereocenters. The standard InChI is InChI=1S/C33H34FNO5/c1-6-38-26-17-23(9-12-25(26)39-14-13-19(2)3)30-29-31(36)28-21(5)15-20(4)16-27(28)40-32(29)33(37)35(30)18-22-7-10-24(34)11-8-22/h7-12,15-17,19,30H,6,13-14,18H2,1-5H3. The molecule has 0 aliphatic carbocycles. The molecule has 1 unspecified atom stereocenters. The van der Waals surface area contributed by atoms with Gasteiger partial charge in [0.25, 0.3) is 5.91 Å². The lowest BCUT2D eigenvalue weighted by molar-refractivity contribution is 0.0714. The number of hydrogen-bond acceptors (Lipinski definition) is 5. The van der Waals surface area contributed by atoms with Crippen molar-refractivity contribution in [3.63, 3.8) is 0 Å². The summed E-state index contributed by atoms with van der Waals surface area (Å²) in [5, 5.41) is 0.462. The van der Waals surface area contributed by atoms with Crippen LogP contribution in [0.2, 0.25) is 0 Å². The molecule has 0 saturated heterocycles. The van der Waals surface area contributed by atoms with Gasteiger partial charge in [-0.3, -0.25) is 9.59 Å². The minimum atomic E-state index is -0.724. The molecule has 0 radical (unpaired) electrons. The van der Waals surface area contributed by atoms with Crippen LogP contribution in [0.5, 0.6) is 11.5 Å². The zero-order valence-electron chi connectivity index (χ0n) is 23.5. The highest BCUT2D eigenvalue weighted by Gasteiger charge is 2.43. The number of carbonyl (C=O) groups excluding carboxylic acids is 1. The Morgan fingerprint density at radius 1 is 0.975 bits per heavy atom. The van der Waals surface area contributed by atoms with Gasteiger partial charge in [-0.25, -0.2) is 4.39 Å². The average molecular weight is 544 g/mol. The number of carbonyl (C=O) groups is 1. The first-order chi connectivity index (χ1) is 19.2. The first-order valence-electron chi connectivity index (χ1n) is 13.7. The molecular formula is C33H34FNO5. The molecular weight excluding hydrogens is 509 g/mol. The molecule has 0 saturated carbocycles. The first kappa shape index (κ1) is 27.4. The first-order valence-corrected chi connectivity index (χ1v) is 13.7. The van der Waals surface area contributed by atoms with Gasteiger partial charge < -0.3 is 18.8 Å². The summed E-state index contributed by atoms with van der Waals surface area (Å²) < 4.78 is 31.8. The molecule has 0 N–H and O–H groups in total. The van der Waals surface area contributed by atoms with Crippen molar-refractivity contribution in [3.05, 3.63) is 104 Å². The van der Waals surface area contributed by atoms with Gasteiger partial charge in [0.1, 0.15) is 11.4 Å². The second-order valence-electron chi connectivity index (χ2n) is 10.8. The van der Waals surface area contributed by atoms with Crippen LogP contribution in [-0.2, 0) is 6.54 Å². The number of halogens is 1. The Labute approximate surface area is 233 Å². The SMILES string of the molecule is CCOc1cc(C2c3c(oc4cc(C)cc(C)c4c3=O)C(=O)N2Cc2ccc(F)cc2)ccc1OCCC(C)C. The summed E-state index contributed by atoms with van der Waals surface area (Å²) in [6.07, 6.45) is 0.899. The quantitative estimate of drug-likeness (QED) is 0.225. The number of benzene rings is 3. The van der Waals surface area contributed by atoms with Crippen molar-refractivity contribution in [1.29, 1.82) is 0 Å². The number of fused-ring (bicyclic) bond motifs is 2. The van der Waals surface area contributed by atoms with Gasteiger partial charge in [0.2, 0.25) is 5.76 Å². The third-order valence-electron chi connectivity index (χ3n) is 7.21. The van der Waals surface area contributed by atoms with Crippen LogP contribution >= 0.6 is 0 Å². The Balaban J connectivity index is 1.66. The van der Waals surface area contributed by atoms with E-state index in [1.807, 2.05) is 45.0 Å². The minimum Gasteiger partial charge on any atom is -0.490 e. The van der Waals surface area contributed by atoms with Crippen LogP contribution in [0.25, 0.3) is 11.0 Å². The van der Waals surface area contributed by atoms with Gasteiger partial charge in [0, 0.05) is 6.54 Å². The Morgan fingerprint density at radius 2 is 1.73 bits per heavy atom. The number of ether oxygens (including phenoxy) is 2. The van der Waals surface area contributed by atoms with Crippen LogP contribution in [0.3, 0.4) is 0 Å². The van der Waals surface area contributed by atoms with Crippen molar-refractivity contribution in [2.75, 3.05) is 13.2 Å². The number of amides is 1. The van der Waals surface area contributed by atoms with Crippen molar-refractivity contribution in [2.24, 2.45) is 5.92 Å². The van der Waals surface area contributed by atoms with E-state index in [1.54, 1.807) is 23.1 Å². The van der Waals surface area contributed by atoms with Crippen LogP contribution < -0.4 is 14.9 Å². The maximum absolute atomic E-state index is 14.1. The van der Waals surface area contributed by atoms with E-state index in [0.717, 1.165) is 23.1 Å². The van der Waals surface area contributed by atoms with E-state index in [4.69, 9.17) is 13.9 Å². The molecule has 1 aliphatic heterocycles. The normalized spacial score (nSPS) is 14.7. The monoisotopic (exact) mass is 543 g/mol. The van der Waals surface area contributed by atoms with Gasteiger partial charge >= 0.3 is 0 Å². The van der Waals surface area contributed by atoms with Gasteiger partial charge in [-0.2, -0.15) is 0 Å². The number of nitrogens with zero attached hydrogens (tertiary/aromatic N) is 1. The van der Waals surface area contributed by atoms with E-state index in [2.05, 4.69) is 13.8 Å². The van der Waals surface area contributed by atoms with Gasteiger partial charge in [-0.05, 0) is 85.7 Å². The summed E-state index contributed by atoms with van der Waals surface area (Å²) in [6, 6.07) is 14.5. The van der Waals surface area contributed by atoms with E-state index < -0.39 is 11.9 Å². The second kappa shape index (κ2) is 11.2. The Kier molecular flexibility index (Phi) is 7.66. The molecule has 3 aromatic carbocycles. The lowest BCUT2D eigenvalue weighted by Crippen LogP contribution is -2.29. The zero-order valence-corrected chi connectivity index (χ0v) is 23.5. The largest absolute Gasteiger partial charge is 0.490 e. The number of rotatable bonds is 9. The summed E-state index contributed by atoms with van der Waals surface area (Å²) in [5.41, 5.74) is 3.61. The molecule has 1 amide bonds. The maximum Gasteiger partial charge on any atom is 0.291 e. The molecule has 1 aliphatic rings. The molecule has 0 bridgehead atoms. The number of aryl methyl sites for hydroxylation is 2. The van der Waals surface area contributed by atoms with E-state index in [0.29, 0.717) is 52.7 Å². The summed E-state index contributed by atoms with van der Waals surface area (Å²) in [7, 11) is 0. The highest BCUT2D eigenvalue weighted by atomic mass is 19.1. The molecule has 5 rings (SSSR count). The Bertz CT molecular complexity index is 1620. The summed E-state index contributed by atoms with van der Waals surface area (Å²) in [6.45, 7) is 11.1. The molecule has 2 heterocycles. The van der Waals surface area contributed by atoms with E-state index in [9.17, 15) is 14.0 Å². The van der Waals surface area contributed by atoms with Crippen molar-refractivity contribution >= 4 is 16.9 Å². The molecule has 1 aromatic heterocycles. The zero-order chi connectivity index (χ0) is 28.6. The van der Waals surface area contributed by atoms with E-state index in [-0.39, 0.29) is 23.6 Å². The molecule has 7 heteroatoms. The molecule has 6 nitrogen and oxygen atoms in total. The van der Waals surface area contributed by atoms with Crippen molar-refractivity contribution < 1.29 is 23.1 Å². The molecule has 40 heavy (non-hydrogen) atoms. The van der Waals surface area contributed by atoms with Gasteiger partial charge in [-0.1, -0.05) is 38.1 Å². The Hall–Kier alpha value is -4.13. The van der Waals surface area contributed by atoms with Crippen LogP contribution in [0.1, 0.15) is 71.6 Å². The van der Waals surface area contributed by atoms with Crippen molar-refractivity contribution in [3.8, 4) is 11.5 Å². The van der Waals surface area contributed by atoms with E-state index >= 15 is 0 Å². The average Bonchev–Trinajstić information content (AvgIpc) is 3.17. The molecule has 0 fully saturated rings. The second-order valence-corrected chi connectivity index (χ2v) is 10.8. The van der Waals surface area contributed by atoms with Crippen LogP contribution in [-0.4, -0.2) is 24.0 Å². The van der Waals surface area contributed by atoms with Crippen LogP contribution in [0.4, 0.5) is 4.39 Å². The minimum absolute atomic E-state index is 0.0323. The highest BCUT2D eigenvalue weighted by Crippen LogP contribution is 2.42. The summed E-state index contributed by atoms with van der Waals surface area (Å²) in [5.74, 6) is 0.931. The lowest BCUT2D eigenvalue weighted by Gasteiger charge is -2.26. The molecule has 4 aromatic rings.